The molecule has 0 radical (unpaired) electrons. The molecule has 5 heteroatoms. The molecule has 0 atom stereocenters. The van der Waals surface area contributed by atoms with Crippen LogP contribution < -0.4 is 4.80 Å². The lowest BCUT2D eigenvalue weighted by atomic mass is 10.2. The highest BCUT2D eigenvalue weighted by molar-refractivity contribution is 7.98. The molecule has 0 aliphatic rings. The number of para-hydroxylation sites is 1. The molecule has 1 heterocycles. The molecule has 1 aromatic heterocycles. The Morgan fingerprint density at radius 3 is 2.52 bits per heavy atom. The number of fused-ring (bicyclic) bond motifs is 1. The standard InChI is InChI=1S/C16H14N2OS2/c1-18-13-5-3-4-6-14(13)21-16(18)17-15(19)11-7-9-12(20-2)10-8-11/h3-10H,1-2H3. The van der Waals surface area contributed by atoms with Crippen LogP contribution in [0.3, 0.4) is 0 Å². The second-order valence-electron chi connectivity index (χ2n) is 4.56. The van der Waals surface area contributed by atoms with Gasteiger partial charge in [-0.15, -0.1) is 11.8 Å². The molecule has 0 fully saturated rings. The molecule has 0 saturated heterocycles. The normalized spacial score (nSPS) is 12.0. The highest BCUT2D eigenvalue weighted by Crippen LogP contribution is 2.17. The molecular formula is C16H14N2OS2. The zero-order valence-electron chi connectivity index (χ0n) is 11.7. The Bertz CT molecular complexity index is 860. The van der Waals surface area contributed by atoms with Crippen molar-refractivity contribution in [3.63, 3.8) is 0 Å². The Morgan fingerprint density at radius 1 is 1.14 bits per heavy atom. The van der Waals surface area contributed by atoms with Crippen LogP contribution in [0.4, 0.5) is 0 Å². The van der Waals surface area contributed by atoms with Crippen LogP contribution in [-0.4, -0.2) is 16.7 Å². The van der Waals surface area contributed by atoms with Crippen LogP contribution in [0, 0.1) is 0 Å². The second-order valence-corrected chi connectivity index (χ2v) is 6.45. The van der Waals surface area contributed by atoms with E-state index in [0.717, 1.165) is 19.9 Å². The van der Waals surface area contributed by atoms with E-state index >= 15 is 0 Å². The number of nitrogens with zero attached hydrogens (tertiary/aromatic N) is 2. The van der Waals surface area contributed by atoms with Crippen LogP contribution in [-0.2, 0) is 7.05 Å². The molecular weight excluding hydrogens is 300 g/mol. The molecule has 0 bridgehead atoms. The number of carbonyl (C=O) groups excluding carboxylic acids is 1. The van der Waals surface area contributed by atoms with Gasteiger partial charge in [0.05, 0.1) is 10.2 Å². The van der Waals surface area contributed by atoms with Gasteiger partial charge in [0.25, 0.3) is 5.91 Å². The minimum absolute atomic E-state index is 0.204. The lowest BCUT2D eigenvalue weighted by molar-refractivity contribution is 0.0998. The van der Waals surface area contributed by atoms with Gasteiger partial charge in [-0.2, -0.15) is 4.99 Å². The molecule has 3 nitrogen and oxygen atoms in total. The Hall–Kier alpha value is -1.85. The van der Waals surface area contributed by atoms with E-state index in [-0.39, 0.29) is 5.91 Å². The third kappa shape index (κ3) is 2.80. The number of amides is 1. The summed E-state index contributed by atoms with van der Waals surface area (Å²) in [4.78, 5) is 18.4. The molecule has 0 aliphatic carbocycles. The number of hydrogen-bond donors (Lipinski definition) is 0. The summed E-state index contributed by atoms with van der Waals surface area (Å²) < 4.78 is 3.08. The van der Waals surface area contributed by atoms with Crippen LogP contribution >= 0.6 is 23.1 Å². The summed E-state index contributed by atoms with van der Waals surface area (Å²) in [5, 5.41) is 0. The van der Waals surface area contributed by atoms with Crippen molar-refractivity contribution >= 4 is 39.2 Å². The van der Waals surface area contributed by atoms with Gasteiger partial charge in [0.15, 0.2) is 4.80 Å². The monoisotopic (exact) mass is 314 g/mol. The van der Waals surface area contributed by atoms with Gasteiger partial charge in [-0.1, -0.05) is 23.5 Å². The maximum absolute atomic E-state index is 12.3. The number of carbonyl (C=O) groups is 1. The minimum Gasteiger partial charge on any atom is -0.319 e. The van der Waals surface area contributed by atoms with E-state index in [2.05, 4.69) is 4.99 Å². The smallest absolute Gasteiger partial charge is 0.279 e. The summed E-state index contributed by atoms with van der Waals surface area (Å²) in [7, 11) is 1.93. The zero-order chi connectivity index (χ0) is 14.8. The molecule has 0 saturated carbocycles. The second kappa shape index (κ2) is 5.87. The van der Waals surface area contributed by atoms with Crippen LogP contribution in [0.15, 0.2) is 58.4 Å². The molecule has 3 rings (SSSR count). The average Bonchev–Trinajstić information content (AvgIpc) is 2.84. The van der Waals surface area contributed by atoms with Crippen molar-refractivity contribution in [2.24, 2.45) is 12.0 Å². The van der Waals surface area contributed by atoms with Crippen molar-refractivity contribution in [3.05, 3.63) is 58.9 Å². The van der Waals surface area contributed by atoms with E-state index < -0.39 is 0 Å². The van der Waals surface area contributed by atoms with Crippen LogP contribution in [0.5, 0.6) is 0 Å². The fourth-order valence-corrected chi connectivity index (χ4v) is 3.50. The summed E-state index contributed by atoms with van der Waals surface area (Å²) in [5.41, 5.74) is 1.71. The molecule has 21 heavy (non-hydrogen) atoms. The fourth-order valence-electron chi connectivity index (χ4n) is 2.07. The first-order chi connectivity index (χ1) is 10.2. The van der Waals surface area contributed by atoms with E-state index in [4.69, 9.17) is 0 Å². The van der Waals surface area contributed by atoms with E-state index in [1.807, 2.05) is 66.4 Å². The number of thiazole rings is 1. The molecule has 2 aromatic carbocycles. The highest BCUT2D eigenvalue weighted by Gasteiger charge is 2.06. The average molecular weight is 314 g/mol. The number of benzene rings is 2. The van der Waals surface area contributed by atoms with Gasteiger partial charge in [0.2, 0.25) is 0 Å². The Morgan fingerprint density at radius 2 is 1.86 bits per heavy atom. The molecule has 0 spiro atoms. The summed E-state index contributed by atoms with van der Waals surface area (Å²) in [6.07, 6.45) is 2.01. The summed E-state index contributed by atoms with van der Waals surface area (Å²) >= 11 is 3.18. The topological polar surface area (TPSA) is 34.4 Å². The third-order valence-corrected chi connectivity index (χ3v) is 5.11. The van der Waals surface area contributed by atoms with E-state index in [0.29, 0.717) is 5.56 Å². The van der Waals surface area contributed by atoms with Gasteiger partial charge in [-0.25, -0.2) is 0 Å². The van der Waals surface area contributed by atoms with Crippen molar-refractivity contribution < 1.29 is 4.79 Å². The lowest BCUT2D eigenvalue weighted by Gasteiger charge is -1.98. The lowest BCUT2D eigenvalue weighted by Crippen LogP contribution is -2.13. The number of thioether (sulfide) groups is 1. The summed E-state index contributed by atoms with van der Waals surface area (Å²) in [6, 6.07) is 15.6. The van der Waals surface area contributed by atoms with Crippen LogP contribution in [0.25, 0.3) is 10.2 Å². The first-order valence-corrected chi connectivity index (χ1v) is 8.51. The first-order valence-electron chi connectivity index (χ1n) is 6.47. The van der Waals surface area contributed by atoms with Gasteiger partial charge in [0.1, 0.15) is 0 Å². The molecule has 0 N–H and O–H groups in total. The van der Waals surface area contributed by atoms with Crippen molar-refractivity contribution in [1.29, 1.82) is 0 Å². The third-order valence-electron chi connectivity index (χ3n) is 3.25. The number of rotatable bonds is 2. The van der Waals surface area contributed by atoms with Crippen molar-refractivity contribution in [3.8, 4) is 0 Å². The van der Waals surface area contributed by atoms with Gasteiger partial charge in [0, 0.05) is 17.5 Å². The van der Waals surface area contributed by atoms with E-state index in [9.17, 15) is 4.79 Å². The maximum Gasteiger partial charge on any atom is 0.279 e. The predicted molar refractivity (Wildman–Crippen MR) is 88.9 cm³/mol. The number of hydrogen-bond acceptors (Lipinski definition) is 3. The quantitative estimate of drug-likeness (QED) is 0.676. The Kier molecular flexibility index (Phi) is 3.94. The van der Waals surface area contributed by atoms with Crippen LogP contribution in [0.2, 0.25) is 0 Å². The SMILES string of the molecule is CSc1ccc(C(=O)N=c2sc3ccccc3n2C)cc1. The largest absolute Gasteiger partial charge is 0.319 e. The van der Waals surface area contributed by atoms with E-state index in [1.165, 1.54) is 11.3 Å². The Balaban J connectivity index is 2.02. The summed E-state index contributed by atoms with van der Waals surface area (Å²) in [6.45, 7) is 0. The zero-order valence-corrected chi connectivity index (χ0v) is 13.4. The maximum atomic E-state index is 12.3. The van der Waals surface area contributed by atoms with Gasteiger partial charge < -0.3 is 4.57 Å². The van der Waals surface area contributed by atoms with Gasteiger partial charge >= 0.3 is 0 Å². The molecule has 0 unspecified atom stereocenters. The fraction of sp³-hybridized carbons (Fsp3) is 0.125. The summed E-state index contributed by atoms with van der Waals surface area (Å²) in [5.74, 6) is -0.204. The van der Waals surface area contributed by atoms with Crippen molar-refractivity contribution in [2.75, 3.05) is 6.26 Å². The van der Waals surface area contributed by atoms with Gasteiger partial charge in [-0.05, 0) is 42.7 Å². The van der Waals surface area contributed by atoms with E-state index in [1.54, 1.807) is 11.8 Å². The molecule has 3 aromatic rings. The molecule has 1 amide bonds. The molecule has 0 aliphatic heterocycles. The predicted octanol–water partition coefficient (Wildman–Crippen LogP) is 3.70. The van der Waals surface area contributed by atoms with Crippen molar-refractivity contribution in [2.45, 2.75) is 4.90 Å². The minimum atomic E-state index is -0.204. The number of aryl methyl sites for hydroxylation is 1. The highest BCUT2D eigenvalue weighted by atomic mass is 32.2. The number of aromatic nitrogens is 1. The van der Waals surface area contributed by atoms with Crippen molar-refractivity contribution in [1.82, 2.24) is 4.57 Å². The molecule has 106 valence electrons. The first kappa shape index (κ1) is 14.1. The van der Waals surface area contributed by atoms with Gasteiger partial charge in [-0.3, -0.25) is 4.79 Å². The Labute approximate surface area is 131 Å². The van der Waals surface area contributed by atoms with Crippen LogP contribution in [0.1, 0.15) is 10.4 Å².